The first kappa shape index (κ1) is 18.0. The summed E-state index contributed by atoms with van der Waals surface area (Å²) < 4.78 is 0. The molecule has 0 unspecified atom stereocenters. The quantitative estimate of drug-likeness (QED) is 0.797. The van der Waals surface area contributed by atoms with Crippen LogP contribution in [0, 0.1) is 32.1 Å². The zero-order valence-electron chi connectivity index (χ0n) is 13.5. The lowest BCUT2D eigenvalue weighted by molar-refractivity contribution is -0.113. The first-order valence-electron chi connectivity index (χ1n) is 7.03. The van der Waals surface area contributed by atoms with Gasteiger partial charge in [0, 0.05) is 5.69 Å². The monoisotopic (exact) mass is 360 g/mol. The van der Waals surface area contributed by atoms with Gasteiger partial charge in [0.15, 0.2) is 0 Å². The zero-order valence-corrected chi connectivity index (χ0v) is 15.1. The number of nitriles is 1. The predicted molar refractivity (Wildman–Crippen MR) is 95.4 cm³/mol. The van der Waals surface area contributed by atoms with Gasteiger partial charge in [0.2, 0.25) is 5.91 Å². The first-order valence-corrected chi connectivity index (χ1v) is 8.89. The topological polar surface area (TPSA) is 109 Å². The van der Waals surface area contributed by atoms with Crippen LogP contribution in [0.4, 0.5) is 5.00 Å². The van der Waals surface area contributed by atoms with Gasteiger partial charge in [-0.15, -0.1) is 11.3 Å². The maximum atomic E-state index is 12.1. The second kappa shape index (κ2) is 7.47. The summed E-state index contributed by atoms with van der Waals surface area (Å²) in [5.74, 6) is -0.763. The largest absolute Gasteiger partial charge is 0.366 e. The summed E-state index contributed by atoms with van der Waals surface area (Å²) in [6.07, 6.45) is 0. The van der Waals surface area contributed by atoms with Crippen molar-refractivity contribution in [1.29, 1.82) is 5.26 Å². The molecule has 2 heterocycles. The van der Waals surface area contributed by atoms with Crippen molar-refractivity contribution in [3.63, 3.8) is 0 Å². The minimum atomic E-state index is -0.559. The molecule has 2 aromatic heterocycles. The molecule has 8 heteroatoms. The SMILES string of the molecule is Cc1nc(SCC(=O)Nc2sccc2C#N)c(C(N)=O)c(C)c1C. The third-order valence-corrected chi connectivity index (χ3v) is 5.39. The molecule has 0 aromatic carbocycles. The molecule has 3 N–H and O–H groups in total. The van der Waals surface area contributed by atoms with Crippen molar-refractivity contribution in [3.05, 3.63) is 39.4 Å². The lowest BCUT2D eigenvalue weighted by Crippen LogP contribution is -2.18. The Hall–Kier alpha value is -2.37. The molecule has 0 spiro atoms. The number of carbonyl (C=O) groups excluding carboxylic acids is 2. The van der Waals surface area contributed by atoms with Gasteiger partial charge in [-0.1, -0.05) is 11.8 Å². The molecule has 6 nitrogen and oxygen atoms in total. The standard InChI is InChI=1S/C16H16N4O2S2/c1-8-9(2)13(14(18)22)16(19-10(8)3)24-7-12(21)20-15-11(6-17)4-5-23-15/h4-5H,7H2,1-3H3,(H2,18,22)(H,20,21). The van der Waals surface area contributed by atoms with Crippen molar-refractivity contribution in [2.75, 3.05) is 11.1 Å². The number of amides is 2. The number of aryl methyl sites for hydroxylation is 1. The van der Waals surface area contributed by atoms with E-state index >= 15 is 0 Å². The van der Waals surface area contributed by atoms with Gasteiger partial charge in [0.25, 0.3) is 5.91 Å². The molecule has 0 aliphatic carbocycles. The number of thioether (sulfide) groups is 1. The van der Waals surface area contributed by atoms with Gasteiger partial charge in [-0.25, -0.2) is 4.98 Å². The van der Waals surface area contributed by atoms with Crippen molar-refractivity contribution in [2.45, 2.75) is 25.8 Å². The van der Waals surface area contributed by atoms with Crippen LogP contribution < -0.4 is 11.1 Å². The highest BCUT2D eigenvalue weighted by Gasteiger charge is 2.18. The Morgan fingerprint density at radius 1 is 1.38 bits per heavy atom. The molecule has 0 fully saturated rings. The molecular weight excluding hydrogens is 344 g/mol. The smallest absolute Gasteiger partial charge is 0.251 e. The number of aromatic nitrogens is 1. The molecule has 0 aliphatic heterocycles. The highest BCUT2D eigenvalue weighted by Crippen LogP contribution is 2.27. The van der Waals surface area contributed by atoms with Gasteiger partial charge in [-0.2, -0.15) is 5.26 Å². The summed E-state index contributed by atoms with van der Waals surface area (Å²) in [5.41, 5.74) is 8.73. The summed E-state index contributed by atoms with van der Waals surface area (Å²) >= 11 is 2.44. The van der Waals surface area contributed by atoms with Gasteiger partial charge in [0.1, 0.15) is 16.1 Å². The van der Waals surface area contributed by atoms with Crippen LogP contribution in [0.1, 0.15) is 32.7 Å². The summed E-state index contributed by atoms with van der Waals surface area (Å²) in [6, 6.07) is 3.66. The van der Waals surface area contributed by atoms with Crippen molar-refractivity contribution in [2.24, 2.45) is 5.73 Å². The third-order valence-electron chi connectivity index (χ3n) is 3.59. The number of hydrogen-bond donors (Lipinski definition) is 2. The molecule has 0 saturated heterocycles. The van der Waals surface area contributed by atoms with E-state index in [1.807, 2.05) is 26.8 Å². The molecule has 0 bridgehead atoms. The summed E-state index contributed by atoms with van der Waals surface area (Å²) in [7, 11) is 0. The number of thiophene rings is 1. The average molecular weight is 360 g/mol. The number of nitrogens with one attached hydrogen (secondary N) is 1. The van der Waals surface area contributed by atoms with Gasteiger partial charge in [-0.3, -0.25) is 9.59 Å². The number of nitrogens with zero attached hydrogens (tertiary/aromatic N) is 2. The number of nitrogens with two attached hydrogens (primary N) is 1. The number of rotatable bonds is 5. The van der Waals surface area contributed by atoms with Crippen LogP contribution >= 0.6 is 23.1 Å². The summed E-state index contributed by atoms with van der Waals surface area (Å²) in [6.45, 7) is 5.55. The fourth-order valence-corrected chi connectivity index (χ4v) is 3.79. The Balaban J connectivity index is 2.16. The molecule has 2 amide bonds. The zero-order chi connectivity index (χ0) is 17.9. The van der Waals surface area contributed by atoms with E-state index in [9.17, 15) is 9.59 Å². The van der Waals surface area contributed by atoms with Crippen LogP contribution in [-0.2, 0) is 4.79 Å². The Labute approximate surface area is 148 Å². The normalized spacial score (nSPS) is 10.2. The molecular formula is C16H16N4O2S2. The maximum absolute atomic E-state index is 12.1. The van der Waals surface area contributed by atoms with Crippen molar-refractivity contribution >= 4 is 39.9 Å². The minimum Gasteiger partial charge on any atom is -0.366 e. The van der Waals surface area contributed by atoms with E-state index in [4.69, 9.17) is 11.0 Å². The molecule has 0 atom stereocenters. The Morgan fingerprint density at radius 3 is 2.71 bits per heavy atom. The summed E-state index contributed by atoms with van der Waals surface area (Å²) in [5, 5.41) is 14.3. The van der Waals surface area contributed by atoms with Crippen LogP contribution in [0.15, 0.2) is 16.5 Å². The number of anilines is 1. The van der Waals surface area contributed by atoms with E-state index in [1.54, 1.807) is 11.4 Å². The fourth-order valence-electron chi connectivity index (χ4n) is 2.10. The van der Waals surface area contributed by atoms with Crippen LogP contribution in [0.25, 0.3) is 0 Å². The Kier molecular flexibility index (Phi) is 5.59. The first-order chi connectivity index (χ1) is 11.3. The second-order valence-electron chi connectivity index (χ2n) is 5.10. The van der Waals surface area contributed by atoms with Crippen LogP contribution in [0.2, 0.25) is 0 Å². The van der Waals surface area contributed by atoms with Crippen molar-refractivity contribution in [1.82, 2.24) is 4.98 Å². The molecule has 0 radical (unpaired) electrons. The number of primary amides is 1. The lowest BCUT2D eigenvalue weighted by atomic mass is 10.0. The van der Waals surface area contributed by atoms with E-state index in [2.05, 4.69) is 10.3 Å². The fraction of sp³-hybridized carbons (Fsp3) is 0.250. The molecule has 124 valence electrons. The molecule has 0 aliphatic rings. The van der Waals surface area contributed by atoms with Crippen molar-refractivity contribution in [3.8, 4) is 6.07 Å². The van der Waals surface area contributed by atoms with Crippen LogP contribution in [-0.4, -0.2) is 22.6 Å². The maximum Gasteiger partial charge on any atom is 0.251 e. The van der Waals surface area contributed by atoms with Gasteiger partial charge >= 0.3 is 0 Å². The lowest BCUT2D eigenvalue weighted by Gasteiger charge is -2.13. The van der Waals surface area contributed by atoms with E-state index in [1.165, 1.54) is 11.3 Å². The van der Waals surface area contributed by atoms with E-state index in [-0.39, 0.29) is 11.7 Å². The van der Waals surface area contributed by atoms with Crippen LogP contribution in [0.3, 0.4) is 0 Å². The average Bonchev–Trinajstić information content (AvgIpc) is 2.97. The third kappa shape index (κ3) is 3.75. The van der Waals surface area contributed by atoms with Gasteiger partial charge in [-0.05, 0) is 43.3 Å². The van der Waals surface area contributed by atoms with E-state index in [0.717, 1.165) is 28.6 Å². The highest BCUT2D eigenvalue weighted by molar-refractivity contribution is 8.00. The number of pyridine rings is 1. The van der Waals surface area contributed by atoms with Crippen LogP contribution in [0.5, 0.6) is 0 Å². The van der Waals surface area contributed by atoms with Gasteiger partial charge in [0.05, 0.1) is 16.9 Å². The molecule has 24 heavy (non-hydrogen) atoms. The van der Waals surface area contributed by atoms with E-state index in [0.29, 0.717) is 21.2 Å². The number of hydrogen-bond acceptors (Lipinski definition) is 6. The molecule has 0 saturated carbocycles. The molecule has 2 rings (SSSR count). The summed E-state index contributed by atoms with van der Waals surface area (Å²) in [4.78, 5) is 28.2. The second-order valence-corrected chi connectivity index (χ2v) is 6.98. The highest BCUT2D eigenvalue weighted by atomic mass is 32.2. The minimum absolute atomic E-state index is 0.0674. The Bertz CT molecular complexity index is 852. The predicted octanol–water partition coefficient (Wildman–Crippen LogP) is 2.77. The molecule has 2 aromatic rings. The van der Waals surface area contributed by atoms with E-state index < -0.39 is 5.91 Å². The van der Waals surface area contributed by atoms with Gasteiger partial charge < -0.3 is 11.1 Å². The Morgan fingerprint density at radius 2 is 2.08 bits per heavy atom. The van der Waals surface area contributed by atoms with Crippen molar-refractivity contribution < 1.29 is 9.59 Å². The number of carbonyl (C=O) groups is 2.